The second kappa shape index (κ2) is 8.58. The largest absolute Gasteiger partial charge is 0.504 e. The fourth-order valence-corrected chi connectivity index (χ4v) is 3.76. The number of aliphatic hydroxyl groups excluding tert-OH is 1. The van der Waals surface area contributed by atoms with Gasteiger partial charge in [-0.25, -0.2) is 0 Å². The van der Waals surface area contributed by atoms with Crippen molar-refractivity contribution < 1.29 is 34.3 Å². The van der Waals surface area contributed by atoms with Crippen LogP contribution in [-0.2, 0) is 11.2 Å². The first-order chi connectivity index (χ1) is 13.5. The van der Waals surface area contributed by atoms with Crippen molar-refractivity contribution in [3.8, 4) is 28.7 Å². The van der Waals surface area contributed by atoms with Gasteiger partial charge in [-0.3, -0.25) is 0 Å². The summed E-state index contributed by atoms with van der Waals surface area (Å²) in [6.07, 6.45) is 0.328. The van der Waals surface area contributed by atoms with Gasteiger partial charge >= 0.3 is 0 Å². The van der Waals surface area contributed by atoms with Gasteiger partial charge in [-0.05, 0) is 47.7 Å². The molecular weight excluding hydrogens is 364 g/mol. The van der Waals surface area contributed by atoms with Crippen molar-refractivity contribution >= 4 is 0 Å². The first-order valence-electron chi connectivity index (χ1n) is 9.05. The van der Waals surface area contributed by atoms with Crippen LogP contribution in [0.25, 0.3) is 0 Å². The fourth-order valence-electron chi connectivity index (χ4n) is 3.76. The van der Waals surface area contributed by atoms with Crippen molar-refractivity contribution in [2.75, 3.05) is 34.5 Å². The van der Waals surface area contributed by atoms with Gasteiger partial charge in [0.05, 0.1) is 34.0 Å². The SMILES string of the molecule is COc1cc([C@@H]2OC[C@@H](Cc3cc(OC)c(O)c(OC)c3)[C@H]2CO)ccc1O. The molecule has 0 amide bonds. The highest BCUT2D eigenvalue weighted by Crippen LogP contribution is 2.43. The third-order valence-electron chi connectivity index (χ3n) is 5.26. The number of phenolic OH excluding ortho intramolecular Hbond substituents is 2. The van der Waals surface area contributed by atoms with E-state index in [0.717, 1.165) is 11.1 Å². The number of phenols is 2. The standard InChI is InChI=1S/C21H26O7/c1-25-17-9-13(4-5-16(17)23)21-15(10-22)14(11-28-21)6-12-7-18(26-2)20(24)19(8-12)27-3/h4-5,7-9,14-15,21-24H,6,10-11H2,1-3H3/t14-,15-,21+/m1/s1. The number of aliphatic hydroxyl groups is 1. The number of hydrogen-bond donors (Lipinski definition) is 3. The maximum Gasteiger partial charge on any atom is 0.200 e. The Kier molecular flexibility index (Phi) is 6.16. The normalized spacial score (nSPS) is 21.5. The molecule has 2 aromatic carbocycles. The molecule has 1 saturated heterocycles. The molecule has 0 unspecified atom stereocenters. The van der Waals surface area contributed by atoms with Crippen LogP contribution in [0, 0.1) is 11.8 Å². The number of methoxy groups -OCH3 is 3. The number of ether oxygens (including phenoxy) is 4. The van der Waals surface area contributed by atoms with Gasteiger partial charge in [0.15, 0.2) is 23.0 Å². The van der Waals surface area contributed by atoms with Gasteiger partial charge in [-0.1, -0.05) is 6.07 Å². The van der Waals surface area contributed by atoms with E-state index in [1.165, 1.54) is 21.3 Å². The number of aromatic hydroxyl groups is 2. The van der Waals surface area contributed by atoms with Gasteiger partial charge in [0, 0.05) is 12.5 Å². The van der Waals surface area contributed by atoms with Crippen molar-refractivity contribution in [2.45, 2.75) is 12.5 Å². The summed E-state index contributed by atoms with van der Waals surface area (Å²) in [5.41, 5.74) is 1.76. The first-order valence-corrected chi connectivity index (χ1v) is 9.05. The average molecular weight is 390 g/mol. The molecule has 0 aromatic heterocycles. The second-order valence-electron chi connectivity index (χ2n) is 6.84. The lowest BCUT2D eigenvalue weighted by Gasteiger charge is -2.22. The quantitative estimate of drug-likeness (QED) is 0.669. The van der Waals surface area contributed by atoms with Crippen molar-refractivity contribution in [1.29, 1.82) is 0 Å². The van der Waals surface area contributed by atoms with Crippen LogP contribution in [0.3, 0.4) is 0 Å². The molecule has 2 aromatic rings. The van der Waals surface area contributed by atoms with Crippen LogP contribution in [-0.4, -0.2) is 49.9 Å². The zero-order valence-electron chi connectivity index (χ0n) is 16.2. The van der Waals surface area contributed by atoms with Gasteiger partial charge in [-0.2, -0.15) is 0 Å². The Morgan fingerprint density at radius 1 is 0.964 bits per heavy atom. The third-order valence-corrected chi connectivity index (χ3v) is 5.26. The van der Waals surface area contributed by atoms with Gasteiger partial charge in [-0.15, -0.1) is 0 Å². The van der Waals surface area contributed by atoms with Gasteiger partial charge in [0.1, 0.15) is 0 Å². The summed E-state index contributed by atoms with van der Waals surface area (Å²) in [6, 6.07) is 8.61. The molecule has 1 heterocycles. The van der Waals surface area contributed by atoms with Crippen LogP contribution < -0.4 is 14.2 Å². The molecule has 3 N–H and O–H groups in total. The predicted octanol–water partition coefficient (Wildman–Crippen LogP) is 2.66. The van der Waals surface area contributed by atoms with E-state index in [4.69, 9.17) is 18.9 Å². The summed E-state index contributed by atoms with van der Waals surface area (Å²) >= 11 is 0. The highest BCUT2D eigenvalue weighted by atomic mass is 16.5. The zero-order valence-corrected chi connectivity index (χ0v) is 16.2. The van der Waals surface area contributed by atoms with Crippen molar-refractivity contribution in [2.24, 2.45) is 11.8 Å². The number of rotatable bonds is 7. The Morgan fingerprint density at radius 3 is 2.18 bits per heavy atom. The van der Waals surface area contributed by atoms with Crippen molar-refractivity contribution in [1.82, 2.24) is 0 Å². The molecule has 1 aliphatic heterocycles. The van der Waals surface area contributed by atoms with Crippen LogP contribution in [0.1, 0.15) is 17.2 Å². The summed E-state index contributed by atoms with van der Waals surface area (Å²) in [5, 5.41) is 29.9. The maximum absolute atomic E-state index is 10.1. The minimum Gasteiger partial charge on any atom is -0.504 e. The molecule has 3 rings (SSSR count). The Morgan fingerprint density at radius 2 is 1.61 bits per heavy atom. The summed E-state index contributed by atoms with van der Waals surface area (Å²) in [6.45, 7) is 0.440. The van der Waals surface area contributed by atoms with Crippen LogP contribution in [0.15, 0.2) is 30.3 Å². The van der Waals surface area contributed by atoms with E-state index >= 15 is 0 Å². The average Bonchev–Trinajstić information content (AvgIpc) is 3.11. The Hall–Kier alpha value is -2.64. The molecule has 0 aliphatic carbocycles. The molecule has 1 fully saturated rings. The maximum atomic E-state index is 10.1. The Bertz CT molecular complexity index is 795. The Balaban J connectivity index is 1.83. The van der Waals surface area contributed by atoms with Gasteiger partial charge < -0.3 is 34.3 Å². The molecule has 0 radical (unpaired) electrons. The smallest absolute Gasteiger partial charge is 0.200 e. The fraction of sp³-hybridized carbons (Fsp3) is 0.429. The highest BCUT2D eigenvalue weighted by Gasteiger charge is 2.38. The molecule has 7 nitrogen and oxygen atoms in total. The molecule has 7 heteroatoms. The van der Waals surface area contributed by atoms with Crippen LogP contribution in [0.5, 0.6) is 28.7 Å². The van der Waals surface area contributed by atoms with E-state index in [2.05, 4.69) is 0 Å². The molecule has 0 saturated carbocycles. The number of benzene rings is 2. The highest BCUT2D eigenvalue weighted by molar-refractivity contribution is 5.53. The van der Waals surface area contributed by atoms with Crippen LogP contribution in [0.4, 0.5) is 0 Å². The lowest BCUT2D eigenvalue weighted by molar-refractivity contribution is 0.0717. The number of hydrogen-bond acceptors (Lipinski definition) is 7. The van der Waals surface area contributed by atoms with E-state index in [9.17, 15) is 15.3 Å². The van der Waals surface area contributed by atoms with Gasteiger partial charge in [0.2, 0.25) is 5.75 Å². The topological polar surface area (TPSA) is 97.6 Å². The van der Waals surface area contributed by atoms with E-state index in [1.54, 1.807) is 30.3 Å². The molecule has 28 heavy (non-hydrogen) atoms. The van der Waals surface area contributed by atoms with Crippen molar-refractivity contribution in [3.05, 3.63) is 41.5 Å². The van der Waals surface area contributed by atoms with E-state index < -0.39 is 0 Å². The van der Waals surface area contributed by atoms with Gasteiger partial charge in [0.25, 0.3) is 0 Å². The Labute approximate surface area is 164 Å². The minimum absolute atomic E-state index is 0.0368. The summed E-state index contributed by atoms with van der Waals surface area (Å²) in [4.78, 5) is 0. The van der Waals surface area contributed by atoms with E-state index in [1.807, 2.05) is 0 Å². The van der Waals surface area contributed by atoms with Crippen LogP contribution >= 0.6 is 0 Å². The first kappa shape index (κ1) is 20.1. The lowest BCUT2D eigenvalue weighted by atomic mass is 9.84. The molecule has 3 atom stereocenters. The van der Waals surface area contributed by atoms with E-state index in [0.29, 0.717) is 30.3 Å². The predicted molar refractivity (Wildman–Crippen MR) is 102 cm³/mol. The zero-order chi connectivity index (χ0) is 20.3. The summed E-state index contributed by atoms with van der Waals surface area (Å²) < 4.78 is 21.6. The third kappa shape index (κ3) is 3.81. The molecule has 0 bridgehead atoms. The molecule has 1 aliphatic rings. The van der Waals surface area contributed by atoms with E-state index in [-0.39, 0.29) is 36.0 Å². The molecular formula is C21H26O7. The lowest BCUT2D eigenvalue weighted by Crippen LogP contribution is -2.21. The minimum atomic E-state index is -0.301. The summed E-state index contributed by atoms with van der Waals surface area (Å²) in [5.74, 6) is 1.01. The molecule has 0 spiro atoms. The summed E-state index contributed by atoms with van der Waals surface area (Å²) in [7, 11) is 4.47. The second-order valence-corrected chi connectivity index (χ2v) is 6.84. The molecule has 152 valence electrons. The van der Waals surface area contributed by atoms with Crippen LogP contribution in [0.2, 0.25) is 0 Å². The van der Waals surface area contributed by atoms with Crippen molar-refractivity contribution in [3.63, 3.8) is 0 Å². The monoisotopic (exact) mass is 390 g/mol.